The van der Waals surface area contributed by atoms with Crippen molar-refractivity contribution in [2.24, 2.45) is 7.05 Å². The molecule has 4 rings (SSSR count). The first kappa shape index (κ1) is 18.8. The SMILES string of the molecule is Cc1c(-c2sc3ccccc3[n+]2C)cc(C(C)(C)C)cc1-[n+]1ccccc1C. The van der Waals surface area contributed by atoms with Crippen LogP contribution in [-0.4, -0.2) is 0 Å². The third kappa shape index (κ3) is 3.14. The van der Waals surface area contributed by atoms with E-state index in [1.54, 1.807) is 0 Å². The summed E-state index contributed by atoms with van der Waals surface area (Å²) in [5.41, 5.74) is 7.86. The molecule has 142 valence electrons. The van der Waals surface area contributed by atoms with Gasteiger partial charge in [0.05, 0.1) is 5.56 Å². The van der Waals surface area contributed by atoms with Crippen LogP contribution in [0.4, 0.5) is 0 Å². The molecular weight excluding hydrogens is 360 g/mol. The third-order valence-electron chi connectivity index (χ3n) is 5.54. The van der Waals surface area contributed by atoms with E-state index >= 15 is 0 Å². The molecule has 0 amide bonds. The van der Waals surface area contributed by atoms with Gasteiger partial charge >= 0.3 is 0 Å². The monoisotopic (exact) mass is 388 g/mol. The maximum atomic E-state index is 2.39. The molecule has 2 nitrogen and oxygen atoms in total. The van der Waals surface area contributed by atoms with E-state index in [0.717, 1.165) is 0 Å². The van der Waals surface area contributed by atoms with Gasteiger partial charge in [0, 0.05) is 36.8 Å². The van der Waals surface area contributed by atoms with Gasteiger partial charge in [-0.25, -0.2) is 0 Å². The highest BCUT2D eigenvalue weighted by Gasteiger charge is 2.28. The summed E-state index contributed by atoms with van der Waals surface area (Å²) < 4.78 is 5.97. The zero-order valence-corrected chi connectivity index (χ0v) is 18.4. The van der Waals surface area contributed by atoms with Gasteiger partial charge in [-0.15, -0.1) is 0 Å². The number of aromatic nitrogens is 2. The van der Waals surface area contributed by atoms with Gasteiger partial charge in [0.15, 0.2) is 11.9 Å². The van der Waals surface area contributed by atoms with E-state index in [1.165, 1.54) is 43.3 Å². The van der Waals surface area contributed by atoms with E-state index in [-0.39, 0.29) is 5.41 Å². The number of hydrogen-bond acceptors (Lipinski definition) is 1. The minimum absolute atomic E-state index is 0.0791. The topological polar surface area (TPSA) is 7.76 Å². The number of para-hydroxylation sites is 1. The number of hydrogen-bond donors (Lipinski definition) is 0. The number of thiazole rings is 1. The summed E-state index contributed by atoms with van der Waals surface area (Å²) in [7, 11) is 2.18. The fourth-order valence-corrected chi connectivity index (χ4v) is 4.96. The van der Waals surface area contributed by atoms with Gasteiger partial charge in [-0.05, 0) is 30.0 Å². The minimum Gasteiger partial charge on any atom is -0.184 e. The van der Waals surface area contributed by atoms with Crippen LogP contribution in [0.5, 0.6) is 0 Å². The number of rotatable bonds is 2. The quantitative estimate of drug-likeness (QED) is 0.396. The van der Waals surface area contributed by atoms with Crippen LogP contribution >= 0.6 is 11.3 Å². The van der Waals surface area contributed by atoms with Crippen molar-refractivity contribution in [3.05, 3.63) is 77.6 Å². The van der Waals surface area contributed by atoms with Crippen molar-refractivity contribution in [3.63, 3.8) is 0 Å². The van der Waals surface area contributed by atoms with Crippen LogP contribution in [0.1, 0.15) is 37.6 Å². The van der Waals surface area contributed by atoms with Crippen molar-refractivity contribution >= 4 is 21.6 Å². The van der Waals surface area contributed by atoms with Gasteiger partial charge in [0.1, 0.15) is 11.7 Å². The molecule has 0 radical (unpaired) electrons. The van der Waals surface area contributed by atoms with E-state index in [9.17, 15) is 0 Å². The number of fused-ring (bicyclic) bond motifs is 1. The Morgan fingerprint density at radius 1 is 0.893 bits per heavy atom. The fraction of sp³-hybridized carbons (Fsp3) is 0.280. The lowest BCUT2D eigenvalue weighted by molar-refractivity contribution is -0.629. The molecule has 0 saturated heterocycles. The predicted molar refractivity (Wildman–Crippen MR) is 118 cm³/mol. The molecule has 0 aliphatic rings. The first-order chi connectivity index (χ1) is 13.3. The molecule has 2 aromatic carbocycles. The first-order valence-corrected chi connectivity index (χ1v) is 10.6. The van der Waals surface area contributed by atoms with Gasteiger partial charge in [-0.3, -0.25) is 0 Å². The Morgan fingerprint density at radius 3 is 2.29 bits per heavy atom. The second-order valence-electron chi connectivity index (χ2n) is 8.56. The molecule has 3 heteroatoms. The Hall–Kier alpha value is -2.52. The van der Waals surface area contributed by atoms with Crippen molar-refractivity contribution in [1.29, 1.82) is 0 Å². The molecule has 0 spiro atoms. The molecule has 2 aromatic heterocycles. The highest BCUT2D eigenvalue weighted by molar-refractivity contribution is 7.21. The summed E-state index contributed by atoms with van der Waals surface area (Å²) in [5.74, 6) is 0. The third-order valence-corrected chi connectivity index (χ3v) is 6.79. The Labute approximate surface area is 171 Å². The summed E-state index contributed by atoms with van der Waals surface area (Å²) in [6.07, 6.45) is 2.17. The molecule has 0 fully saturated rings. The summed E-state index contributed by atoms with van der Waals surface area (Å²) >= 11 is 1.87. The van der Waals surface area contributed by atoms with Crippen LogP contribution in [0.3, 0.4) is 0 Å². The molecule has 0 saturated carbocycles. The number of pyridine rings is 1. The molecule has 0 aliphatic carbocycles. The predicted octanol–water partition coefficient (Wildman–Crippen LogP) is 5.58. The Kier molecular flexibility index (Phi) is 4.59. The second-order valence-corrected chi connectivity index (χ2v) is 9.59. The molecule has 0 bridgehead atoms. The van der Waals surface area contributed by atoms with Gasteiger partial charge in [0.25, 0.3) is 5.01 Å². The lowest BCUT2D eigenvalue weighted by Gasteiger charge is -2.21. The number of nitrogens with zero attached hydrogens (tertiary/aromatic N) is 2. The number of aryl methyl sites for hydroxylation is 2. The Bertz CT molecular complexity index is 1180. The van der Waals surface area contributed by atoms with Crippen LogP contribution in [0.25, 0.3) is 26.5 Å². The van der Waals surface area contributed by atoms with Crippen LogP contribution in [0.15, 0.2) is 60.8 Å². The molecule has 4 aromatic rings. The van der Waals surface area contributed by atoms with Gasteiger partial charge < -0.3 is 0 Å². The molecule has 0 atom stereocenters. The van der Waals surface area contributed by atoms with Crippen LogP contribution in [-0.2, 0) is 12.5 Å². The molecular formula is C25H28N2S+2. The number of benzene rings is 2. The van der Waals surface area contributed by atoms with Crippen LogP contribution in [0, 0.1) is 13.8 Å². The van der Waals surface area contributed by atoms with Gasteiger partial charge in [-0.1, -0.05) is 50.3 Å². The summed E-state index contributed by atoms with van der Waals surface area (Å²) in [5, 5.41) is 1.31. The average molecular weight is 389 g/mol. The zero-order chi connectivity index (χ0) is 20.1. The Balaban J connectivity index is 2.05. The van der Waals surface area contributed by atoms with E-state index < -0.39 is 0 Å². The van der Waals surface area contributed by atoms with Gasteiger partial charge in [-0.2, -0.15) is 9.13 Å². The van der Waals surface area contributed by atoms with Crippen LogP contribution in [0.2, 0.25) is 0 Å². The second kappa shape index (κ2) is 6.82. The minimum atomic E-state index is 0.0791. The first-order valence-electron chi connectivity index (χ1n) is 9.78. The molecule has 2 heterocycles. The maximum absolute atomic E-state index is 2.39. The molecule has 0 unspecified atom stereocenters. The maximum Gasteiger partial charge on any atom is 0.270 e. The van der Waals surface area contributed by atoms with Crippen molar-refractivity contribution in [2.75, 3.05) is 0 Å². The summed E-state index contributed by atoms with van der Waals surface area (Å²) in [6, 6.07) is 19.8. The van der Waals surface area contributed by atoms with Crippen molar-refractivity contribution < 1.29 is 9.13 Å². The van der Waals surface area contributed by atoms with E-state index in [0.29, 0.717) is 0 Å². The standard InChI is InChI=1S/C25H28N2S/c1-17-11-9-10-14-27(17)22-16-19(25(3,4)5)15-20(18(22)2)24-26(6)21-12-7-8-13-23(21)28-24/h7-16H,1-6H3/q+2. The molecule has 0 N–H and O–H groups in total. The van der Waals surface area contributed by atoms with E-state index in [4.69, 9.17) is 0 Å². The van der Waals surface area contributed by atoms with Gasteiger partial charge in [0.2, 0.25) is 11.2 Å². The molecule has 28 heavy (non-hydrogen) atoms. The molecule has 0 aliphatic heterocycles. The lowest BCUT2D eigenvalue weighted by Crippen LogP contribution is -2.35. The largest absolute Gasteiger partial charge is 0.270 e. The Morgan fingerprint density at radius 2 is 1.61 bits per heavy atom. The summed E-state index contributed by atoms with van der Waals surface area (Å²) in [6.45, 7) is 11.3. The highest BCUT2D eigenvalue weighted by Crippen LogP contribution is 2.35. The van der Waals surface area contributed by atoms with Crippen molar-refractivity contribution in [2.45, 2.75) is 40.0 Å². The van der Waals surface area contributed by atoms with Crippen molar-refractivity contribution in [3.8, 4) is 16.3 Å². The summed E-state index contributed by atoms with van der Waals surface area (Å²) in [4.78, 5) is 0. The average Bonchev–Trinajstić information content (AvgIpc) is 2.99. The fourth-order valence-electron chi connectivity index (χ4n) is 3.74. The van der Waals surface area contributed by atoms with E-state index in [2.05, 4.69) is 112 Å². The van der Waals surface area contributed by atoms with Crippen LogP contribution < -0.4 is 9.13 Å². The highest BCUT2D eigenvalue weighted by atomic mass is 32.1. The van der Waals surface area contributed by atoms with Crippen molar-refractivity contribution in [1.82, 2.24) is 0 Å². The lowest BCUT2D eigenvalue weighted by atomic mass is 9.84. The normalized spacial score (nSPS) is 11.9. The zero-order valence-electron chi connectivity index (χ0n) is 17.6. The van der Waals surface area contributed by atoms with E-state index in [1.807, 2.05) is 11.3 Å². The smallest absolute Gasteiger partial charge is 0.184 e.